The molecule has 21 heavy (non-hydrogen) atoms. The van der Waals surface area contributed by atoms with Crippen molar-refractivity contribution < 1.29 is 19.4 Å². The second kappa shape index (κ2) is 9.00. The number of hydrogen-bond acceptors (Lipinski definition) is 3. The highest BCUT2D eigenvalue weighted by Crippen LogP contribution is 2.09. The molecule has 0 aliphatic rings. The average molecular weight is 293 g/mol. The average Bonchev–Trinajstić information content (AvgIpc) is 2.46. The van der Waals surface area contributed by atoms with Crippen LogP contribution in [0.3, 0.4) is 0 Å². The standard InChI is InChI=1S/C16H23NO4/c1-12(15(18)19)7-6-8-13(2)17-16(20)21-11-14-9-4-3-5-10-14/h3-5,9-10,12-13H,6-8,11H2,1-2H3,(H,17,20)(H,18,19). The summed E-state index contributed by atoms with van der Waals surface area (Å²) in [5.41, 5.74) is 0.940. The van der Waals surface area contributed by atoms with Gasteiger partial charge in [0.25, 0.3) is 0 Å². The molecule has 0 radical (unpaired) electrons. The van der Waals surface area contributed by atoms with Gasteiger partial charge in [-0.2, -0.15) is 0 Å². The molecule has 0 aromatic heterocycles. The van der Waals surface area contributed by atoms with E-state index in [4.69, 9.17) is 9.84 Å². The molecular formula is C16H23NO4. The normalized spacial score (nSPS) is 13.2. The lowest BCUT2D eigenvalue weighted by Gasteiger charge is -2.14. The first kappa shape index (κ1) is 17.0. The minimum atomic E-state index is -0.780. The maximum Gasteiger partial charge on any atom is 0.407 e. The van der Waals surface area contributed by atoms with Crippen molar-refractivity contribution in [1.29, 1.82) is 0 Å². The molecule has 0 fully saturated rings. The maximum absolute atomic E-state index is 11.6. The summed E-state index contributed by atoms with van der Waals surface area (Å²) in [5, 5.41) is 11.5. The molecule has 1 amide bonds. The first-order valence-corrected chi connectivity index (χ1v) is 7.19. The second-order valence-corrected chi connectivity index (χ2v) is 5.28. The first-order valence-electron chi connectivity index (χ1n) is 7.19. The molecule has 0 aliphatic carbocycles. The number of carboxylic acids is 1. The third-order valence-corrected chi connectivity index (χ3v) is 3.27. The van der Waals surface area contributed by atoms with Gasteiger partial charge in [-0.15, -0.1) is 0 Å². The van der Waals surface area contributed by atoms with Crippen molar-refractivity contribution >= 4 is 12.1 Å². The highest BCUT2D eigenvalue weighted by atomic mass is 16.5. The van der Waals surface area contributed by atoms with Crippen molar-refractivity contribution in [2.24, 2.45) is 5.92 Å². The van der Waals surface area contributed by atoms with Gasteiger partial charge in [-0.3, -0.25) is 4.79 Å². The Hall–Kier alpha value is -2.04. The topological polar surface area (TPSA) is 75.6 Å². The van der Waals surface area contributed by atoms with E-state index in [9.17, 15) is 9.59 Å². The molecule has 0 spiro atoms. The van der Waals surface area contributed by atoms with Crippen LogP contribution in [0, 0.1) is 5.92 Å². The number of carbonyl (C=O) groups is 2. The molecule has 0 bridgehead atoms. The van der Waals surface area contributed by atoms with Gasteiger partial charge in [0, 0.05) is 6.04 Å². The van der Waals surface area contributed by atoms with Crippen molar-refractivity contribution in [1.82, 2.24) is 5.32 Å². The van der Waals surface area contributed by atoms with Gasteiger partial charge in [0.05, 0.1) is 5.92 Å². The Morgan fingerprint density at radius 1 is 1.19 bits per heavy atom. The maximum atomic E-state index is 11.6. The second-order valence-electron chi connectivity index (χ2n) is 5.28. The zero-order valence-electron chi connectivity index (χ0n) is 12.5. The predicted molar refractivity (Wildman–Crippen MR) is 79.9 cm³/mol. The lowest BCUT2D eigenvalue weighted by atomic mass is 10.0. The summed E-state index contributed by atoms with van der Waals surface area (Å²) in [5.74, 6) is -1.12. The van der Waals surface area contributed by atoms with Crippen LogP contribution in [0.25, 0.3) is 0 Å². The monoisotopic (exact) mass is 293 g/mol. The van der Waals surface area contributed by atoms with Crippen LogP contribution in [-0.4, -0.2) is 23.2 Å². The van der Waals surface area contributed by atoms with Gasteiger partial charge in [-0.05, 0) is 25.3 Å². The smallest absolute Gasteiger partial charge is 0.407 e. The molecule has 1 aromatic rings. The number of alkyl carbamates (subject to hydrolysis) is 1. The minimum absolute atomic E-state index is 0.0331. The molecule has 1 rings (SSSR count). The quantitative estimate of drug-likeness (QED) is 0.771. The molecule has 116 valence electrons. The molecule has 2 N–H and O–H groups in total. The van der Waals surface area contributed by atoms with Crippen LogP contribution in [-0.2, 0) is 16.1 Å². The zero-order valence-corrected chi connectivity index (χ0v) is 12.5. The van der Waals surface area contributed by atoms with Crippen molar-refractivity contribution in [2.75, 3.05) is 0 Å². The number of aliphatic carboxylic acids is 1. The zero-order chi connectivity index (χ0) is 15.7. The molecule has 2 atom stereocenters. The Labute approximate surface area is 125 Å². The van der Waals surface area contributed by atoms with E-state index >= 15 is 0 Å². The Balaban J connectivity index is 2.17. The molecule has 2 unspecified atom stereocenters. The van der Waals surface area contributed by atoms with Crippen LogP contribution in [0.15, 0.2) is 30.3 Å². The van der Waals surface area contributed by atoms with E-state index in [2.05, 4.69) is 5.32 Å². The summed E-state index contributed by atoms with van der Waals surface area (Å²) in [7, 11) is 0. The Morgan fingerprint density at radius 3 is 2.48 bits per heavy atom. The van der Waals surface area contributed by atoms with Gasteiger partial charge in [0.1, 0.15) is 6.61 Å². The molecule has 0 saturated carbocycles. The van der Waals surface area contributed by atoms with Crippen LogP contribution >= 0.6 is 0 Å². The SMILES string of the molecule is CC(CCCC(C)C(=O)O)NC(=O)OCc1ccccc1. The van der Waals surface area contributed by atoms with E-state index in [-0.39, 0.29) is 18.6 Å². The fraction of sp³-hybridized carbons (Fsp3) is 0.500. The lowest BCUT2D eigenvalue weighted by Crippen LogP contribution is -2.33. The summed E-state index contributed by atoms with van der Waals surface area (Å²) >= 11 is 0. The van der Waals surface area contributed by atoms with Gasteiger partial charge >= 0.3 is 12.1 Å². The summed E-state index contributed by atoms with van der Waals surface area (Å²) < 4.78 is 5.12. The number of benzene rings is 1. The van der Waals surface area contributed by atoms with Crippen molar-refractivity contribution in [3.05, 3.63) is 35.9 Å². The van der Waals surface area contributed by atoms with Crippen LogP contribution in [0.4, 0.5) is 4.79 Å². The molecule has 1 aromatic carbocycles. The van der Waals surface area contributed by atoms with Crippen LogP contribution < -0.4 is 5.32 Å². The van der Waals surface area contributed by atoms with Gasteiger partial charge in [0.2, 0.25) is 0 Å². The summed E-state index contributed by atoms with van der Waals surface area (Å²) in [6.45, 7) is 3.82. The van der Waals surface area contributed by atoms with E-state index in [1.54, 1.807) is 6.92 Å². The predicted octanol–water partition coefficient (Wildman–Crippen LogP) is 3.19. The number of amides is 1. The van der Waals surface area contributed by atoms with E-state index in [0.29, 0.717) is 6.42 Å². The molecular weight excluding hydrogens is 270 g/mol. The third kappa shape index (κ3) is 7.34. The van der Waals surface area contributed by atoms with Crippen LogP contribution in [0.2, 0.25) is 0 Å². The number of ether oxygens (including phenoxy) is 1. The molecule has 0 heterocycles. The minimum Gasteiger partial charge on any atom is -0.481 e. The fourth-order valence-electron chi connectivity index (χ4n) is 1.89. The van der Waals surface area contributed by atoms with Crippen molar-refractivity contribution in [2.45, 2.75) is 45.8 Å². The number of rotatable bonds is 8. The summed E-state index contributed by atoms with van der Waals surface area (Å²) in [4.78, 5) is 22.3. The highest BCUT2D eigenvalue weighted by Gasteiger charge is 2.12. The van der Waals surface area contributed by atoms with E-state index in [0.717, 1.165) is 18.4 Å². The van der Waals surface area contributed by atoms with Crippen molar-refractivity contribution in [3.8, 4) is 0 Å². The van der Waals surface area contributed by atoms with Crippen LogP contribution in [0.1, 0.15) is 38.7 Å². The van der Waals surface area contributed by atoms with Crippen LogP contribution in [0.5, 0.6) is 0 Å². The number of nitrogens with one attached hydrogen (secondary N) is 1. The largest absolute Gasteiger partial charge is 0.481 e. The highest BCUT2D eigenvalue weighted by molar-refractivity contribution is 5.69. The number of carbonyl (C=O) groups excluding carboxylic acids is 1. The van der Waals surface area contributed by atoms with E-state index in [1.165, 1.54) is 0 Å². The number of hydrogen-bond donors (Lipinski definition) is 2. The third-order valence-electron chi connectivity index (χ3n) is 3.27. The van der Waals surface area contributed by atoms with E-state index in [1.807, 2.05) is 37.3 Å². The summed E-state index contributed by atoms with van der Waals surface area (Å²) in [6.07, 6.45) is 1.66. The van der Waals surface area contributed by atoms with Gasteiger partial charge < -0.3 is 15.2 Å². The fourth-order valence-corrected chi connectivity index (χ4v) is 1.89. The molecule has 0 saturated heterocycles. The van der Waals surface area contributed by atoms with Crippen molar-refractivity contribution in [3.63, 3.8) is 0 Å². The molecule has 5 nitrogen and oxygen atoms in total. The first-order chi connectivity index (χ1) is 9.99. The van der Waals surface area contributed by atoms with Gasteiger partial charge in [-0.1, -0.05) is 43.7 Å². The lowest BCUT2D eigenvalue weighted by molar-refractivity contribution is -0.141. The summed E-state index contributed by atoms with van der Waals surface area (Å²) in [6, 6.07) is 9.44. The Morgan fingerprint density at radius 2 is 1.86 bits per heavy atom. The van der Waals surface area contributed by atoms with Gasteiger partial charge in [-0.25, -0.2) is 4.79 Å². The Kier molecular flexibility index (Phi) is 7.29. The Bertz CT molecular complexity index is 447. The molecule has 0 aliphatic heterocycles. The number of carboxylic acid groups (broad SMARTS) is 1. The van der Waals surface area contributed by atoms with Gasteiger partial charge in [0.15, 0.2) is 0 Å². The molecule has 5 heteroatoms. The van der Waals surface area contributed by atoms with E-state index < -0.39 is 12.1 Å².